The maximum atomic E-state index is 12.2. The van der Waals surface area contributed by atoms with E-state index in [0.717, 1.165) is 38.3 Å². The van der Waals surface area contributed by atoms with Gasteiger partial charge >= 0.3 is 6.03 Å². The van der Waals surface area contributed by atoms with E-state index in [1.54, 1.807) is 12.1 Å². The first-order valence-electron chi connectivity index (χ1n) is 6.69. The summed E-state index contributed by atoms with van der Waals surface area (Å²) in [7, 11) is 0. The number of hydrogen-bond acceptors (Lipinski definition) is 2. The van der Waals surface area contributed by atoms with E-state index in [2.05, 4.69) is 10.6 Å². The Morgan fingerprint density at radius 1 is 1.32 bits per heavy atom. The van der Waals surface area contributed by atoms with Crippen LogP contribution in [-0.4, -0.2) is 37.1 Å². The Balaban J connectivity index is 1.61. The lowest BCUT2D eigenvalue weighted by Gasteiger charge is -2.23. The van der Waals surface area contributed by atoms with Gasteiger partial charge in [-0.3, -0.25) is 0 Å². The minimum Gasteiger partial charge on any atom is -0.324 e. The monoisotopic (exact) mass is 279 g/mol. The van der Waals surface area contributed by atoms with Gasteiger partial charge < -0.3 is 15.5 Å². The Labute approximate surface area is 118 Å². The lowest BCUT2D eigenvalue weighted by molar-refractivity contribution is 0.215. The summed E-state index contributed by atoms with van der Waals surface area (Å²) in [4.78, 5) is 14.1. The van der Waals surface area contributed by atoms with Crippen LogP contribution in [0.1, 0.15) is 12.8 Å². The molecule has 2 amide bonds. The second-order valence-corrected chi connectivity index (χ2v) is 5.97. The molecule has 1 aromatic rings. The molecule has 0 radical (unpaired) electrons. The molecule has 1 spiro atoms. The van der Waals surface area contributed by atoms with Crippen molar-refractivity contribution in [1.82, 2.24) is 10.2 Å². The first kappa shape index (κ1) is 12.8. The number of amides is 2. The van der Waals surface area contributed by atoms with Gasteiger partial charge in [-0.15, -0.1) is 0 Å². The van der Waals surface area contributed by atoms with Gasteiger partial charge in [0.05, 0.1) is 0 Å². The van der Waals surface area contributed by atoms with Crippen molar-refractivity contribution in [3.63, 3.8) is 0 Å². The van der Waals surface area contributed by atoms with E-state index >= 15 is 0 Å². The fourth-order valence-electron chi connectivity index (χ4n) is 2.99. The molecule has 3 rings (SSSR count). The van der Waals surface area contributed by atoms with Crippen molar-refractivity contribution in [1.29, 1.82) is 0 Å². The number of benzene rings is 1. The van der Waals surface area contributed by atoms with Crippen LogP contribution in [0.4, 0.5) is 10.5 Å². The first-order chi connectivity index (χ1) is 9.17. The zero-order chi connectivity index (χ0) is 13.3. The van der Waals surface area contributed by atoms with Gasteiger partial charge in [-0.1, -0.05) is 11.6 Å². The van der Waals surface area contributed by atoms with Crippen LogP contribution < -0.4 is 10.6 Å². The molecule has 2 N–H and O–H groups in total. The van der Waals surface area contributed by atoms with Gasteiger partial charge in [0.1, 0.15) is 0 Å². The molecule has 0 bridgehead atoms. The smallest absolute Gasteiger partial charge is 0.321 e. The summed E-state index contributed by atoms with van der Waals surface area (Å²) in [5, 5.41) is 7.00. The van der Waals surface area contributed by atoms with Crippen LogP contribution in [-0.2, 0) is 0 Å². The normalized spacial score (nSPS) is 26.1. The quantitative estimate of drug-likeness (QED) is 0.830. The molecule has 2 heterocycles. The molecule has 2 saturated heterocycles. The first-order valence-corrected chi connectivity index (χ1v) is 7.07. The van der Waals surface area contributed by atoms with E-state index in [1.807, 2.05) is 17.0 Å². The number of halogens is 1. The van der Waals surface area contributed by atoms with E-state index in [9.17, 15) is 4.79 Å². The summed E-state index contributed by atoms with van der Waals surface area (Å²) in [5.41, 5.74) is 1.11. The summed E-state index contributed by atoms with van der Waals surface area (Å²) >= 11 is 5.83. The van der Waals surface area contributed by atoms with E-state index in [0.29, 0.717) is 10.4 Å². The fraction of sp³-hybridized carbons (Fsp3) is 0.500. The van der Waals surface area contributed by atoms with E-state index < -0.39 is 0 Å². The predicted octanol–water partition coefficient (Wildman–Crippen LogP) is 2.56. The maximum absolute atomic E-state index is 12.2. The minimum absolute atomic E-state index is 0.00824. The number of urea groups is 1. The van der Waals surface area contributed by atoms with Crippen LogP contribution in [0.3, 0.4) is 0 Å². The van der Waals surface area contributed by atoms with Crippen molar-refractivity contribution in [2.75, 3.05) is 31.5 Å². The summed E-state index contributed by atoms with van der Waals surface area (Å²) in [6.45, 7) is 3.82. The molecule has 5 heteroatoms. The highest BCUT2D eigenvalue weighted by atomic mass is 35.5. The fourth-order valence-corrected chi connectivity index (χ4v) is 3.11. The minimum atomic E-state index is -0.00824. The number of likely N-dealkylation sites (tertiary alicyclic amines) is 1. The molecule has 1 atom stereocenters. The average molecular weight is 280 g/mol. The highest BCUT2D eigenvalue weighted by Gasteiger charge is 2.41. The van der Waals surface area contributed by atoms with Crippen LogP contribution in [0.5, 0.6) is 0 Å². The number of carbonyl (C=O) groups is 1. The Morgan fingerprint density at radius 3 is 2.79 bits per heavy atom. The number of nitrogens with one attached hydrogen (secondary N) is 2. The summed E-state index contributed by atoms with van der Waals surface area (Å²) in [6, 6.07) is 7.20. The summed E-state index contributed by atoms with van der Waals surface area (Å²) in [5.74, 6) is 0. The maximum Gasteiger partial charge on any atom is 0.321 e. The van der Waals surface area contributed by atoms with Crippen LogP contribution in [0, 0.1) is 5.41 Å². The number of hydrogen-bond donors (Lipinski definition) is 2. The van der Waals surface area contributed by atoms with Gasteiger partial charge in [0.15, 0.2) is 0 Å². The molecule has 2 aliphatic heterocycles. The van der Waals surface area contributed by atoms with E-state index in [1.165, 1.54) is 6.42 Å². The summed E-state index contributed by atoms with van der Waals surface area (Å²) in [6.07, 6.45) is 2.28. The zero-order valence-corrected chi connectivity index (χ0v) is 11.5. The van der Waals surface area contributed by atoms with Crippen LogP contribution >= 0.6 is 11.6 Å². The van der Waals surface area contributed by atoms with Crippen molar-refractivity contribution < 1.29 is 4.79 Å². The van der Waals surface area contributed by atoms with Gasteiger partial charge in [0.25, 0.3) is 0 Å². The van der Waals surface area contributed by atoms with Gasteiger partial charge in [-0.25, -0.2) is 4.79 Å². The summed E-state index contributed by atoms with van der Waals surface area (Å²) < 4.78 is 0. The Bertz CT molecular complexity index is 468. The lowest BCUT2D eigenvalue weighted by atomic mass is 9.87. The Hall–Kier alpha value is -1.26. The molecule has 102 valence electrons. The van der Waals surface area contributed by atoms with E-state index in [-0.39, 0.29) is 6.03 Å². The topological polar surface area (TPSA) is 44.4 Å². The molecule has 2 aliphatic rings. The predicted molar refractivity (Wildman–Crippen MR) is 76.6 cm³/mol. The average Bonchev–Trinajstić information content (AvgIpc) is 3.03. The molecule has 1 aromatic carbocycles. The Morgan fingerprint density at radius 2 is 2.11 bits per heavy atom. The van der Waals surface area contributed by atoms with Crippen molar-refractivity contribution >= 4 is 23.3 Å². The van der Waals surface area contributed by atoms with Gasteiger partial charge in [-0.2, -0.15) is 0 Å². The SMILES string of the molecule is O=C(Nc1ccc(Cl)cc1)N1CCC2(CCNC2)C1. The van der Waals surface area contributed by atoms with Crippen molar-refractivity contribution in [3.8, 4) is 0 Å². The van der Waals surface area contributed by atoms with Crippen molar-refractivity contribution in [2.24, 2.45) is 5.41 Å². The second kappa shape index (κ2) is 5.02. The van der Waals surface area contributed by atoms with Gasteiger partial charge in [-0.05, 0) is 43.7 Å². The third kappa shape index (κ3) is 2.69. The van der Waals surface area contributed by atoms with Crippen molar-refractivity contribution in [2.45, 2.75) is 12.8 Å². The van der Waals surface area contributed by atoms with Crippen molar-refractivity contribution in [3.05, 3.63) is 29.3 Å². The third-order valence-corrected chi connectivity index (χ3v) is 4.41. The largest absolute Gasteiger partial charge is 0.324 e. The lowest BCUT2D eigenvalue weighted by Crippen LogP contribution is -2.36. The molecule has 2 fully saturated rings. The number of rotatable bonds is 1. The van der Waals surface area contributed by atoms with Crippen LogP contribution in [0.2, 0.25) is 5.02 Å². The van der Waals surface area contributed by atoms with Crippen LogP contribution in [0.25, 0.3) is 0 Å². The molecular weight excluding hydrogens is 262 g/mol. The van der Waals surface area contributed by atoms with E-state index in [4.69, 9.17) is 11.6 Å². The molecule has 0 aromatic heterocycles. The number of anilines is 1. The molecule has 19 heavy (non-hydrogen) atoms. The molecule has 0 saturated carbocycles. The standard InChI is InChI=1S/C14H18ClN3O/c15-11-1-3-12(4-2-11)17-13(19)18-8-6-14(10-18)5-7-16-9-14/h1-4,16H,5-10H2,(H,17,19). The van der Waals surface area contributed by atoms with Gasteiger partial charge in [0.2, 0.25) is 0 Å². The Kier molecular flexibility index (Phi) is 3.37. The molecule has 4 nitrogen and oxygen atoms in total. The molecular formula is C14H18ClN3O. The molecule has 0 aliphatic carbocycles. The highest BCUT2D eigenvalue weighted by Crippen LogP contribution is 2.36. The molecule has 1 unspecified atom stereocenters. The third-order valence-electron chi connectivity index (χ3n) is 4.15. The van der Waals surface area contributed by atoms with Crippen LogP contribution in [0.15, 0.2) is 24.3 Å². The van der Waals surface area contributed by atoms with Gasteiger partial charge in [0, 0.05) is 35.8 Å². The number of nitrogens with zero attached hydrogens (tertiary/aromatic N) is 1. The highest BCUT2D eigenvalue weighted by molar-refractivity contribution is 6.30. The number of carbonyl (C=O) groups excluding carboxylic acids is 1. The second-order valence-electron chi connectivity index (χ2n) is 5.54. The zero-order valence-electron chi connectivity index (χ0n) is 10.8.